The molecule has 0 aliphatic carbocycles. The second-order valence-electron chi connectivity index (χ2n) is 6.54. The van der Waals surface area contributed by atoms with Crippen LogP contribution in [0.15, 0.2) is 35.7 Å². The zero-order valence-electron chi connectivity index (χ0n) is 14.4. The molecule has 1 N–H and O–H groups in total. The fraction of sp³-hybridized carbons (Fsp3) is 0.421. The molecule has 5 nitrogen and oxygen atoms in total. The van der Waals surface area contributed by atoms with E-state index < -0.39 is 0 Å². The van der Waals surface area contributed by atoms with Gasteiger partial charge in [-0.05, 0) is 54.6 Å². The molecule has 2 aliphatic heterocycles. The van der Waals surface area contributed by atoms with Crippen LogP contribution in [0.5, 0.6) is 5.75 Å². The van der Waals surface area contributed by atoms with Crippen molar-refractivity contribution in [2.24, 2.45) is 0 Å². The van der Waals surface area contributed by atoms with Crippen LogP contribution >= 0.6 is 11.3 Å². The molecule has 1 aromatic heterocycles. The molecule has 25 heavy (non-hydrogen) atoms. The highest BCUT2D eigenvalue weighted by atomic mass is 32.1. The van der Waals surface area contributed by atoms with Crippen molar-refractivity contribution in [2.45, 2.75) is 25.9 Å². The summed E-state index contributed by atoms with van der Waals surface area (Å²) < 4.78 is 5.42. The summed E-state index contributed by atoms with van der Waals surface area (Å²) >= 11 is 1.87. The molecule has 4 rings (SSSR count). The molecule has 6 heteroatoms. The number of anilines is 1. The third-order valence-electron chi connectivity index (χ3n) is 4.92. The van der Waals surface area contributed by atoms with Crippen LogP contribution in [0.4, 0.5) is 10.5 Å². The zero-order valence-corrected chi connectivity index (χ0v) is 15.2. The fourth-order valence-corrected chi connectivity index (χ4v) is 4.33. The van der Waals surface area contributed by atoms with Gasteiger partial charge in [0.25, 0.3) is 0 Å². The van der Waals surface area contributed by atoms with E-state index in [4.69, 9.17) is 4.74 Å². The smallest absolute Gasteiger partial charge is 0.321 e. The molecule has 1 saturated heterocycles. The Balaban J connectivity index is 1.27. The first-order chi connectivity index (χ1) is 12.2. The SMILES string of the molecule is CCOc1ccc(NC(=O)N2CC(N3CCc4sccc4C3)C2)cc1. The second kappa shape index (κ2) is 7.06. The number of thiophene rings is 1. The van der Waals surface area contributed by atoms with Crippen molar-refractivity contribution in [2.75, 3.05) is 31.6 Å². The first-order valence-corrected chi connectivity index (χ1v) is 9.69. The molecule has 2 aliphatic rings. The predicted octanol–water partition coefficient (Wildman–Crippen LogP) is 3.42. The van der Waals surface area contributed by atoms with E-state index >= 15 is 0 Å². The Hall–Kier alpha value is -2.05. The van der Waals surface area contributed by atoms with Crippen molar-refractivity contribution in [1.29, 1.82) is 0 Å². The molecule has 3 heterocycles. The standard InChI is InChI=1S/C19H23N3O2S/c1-2-24-17-5-3-15(4-6-17)20-19(23)22-12-16(13-22)21-9-7-18-14(11-21)8-10-25-18/h3-6,8,10,16H,2,7,9,11-13H2,1H3,(H,20,23). The minimum atomic E-state index is -0.0198. The van der Waals surface area contributed by atoms with E-state index in [2.05, 4.69) is 21.7 Å². The molecule has 1 fully saturated rings. The largest absolute Gasteiger partial charge is 0.494 e. The average molecular weight is 357 g/mol. The molecule has 0 spiro atoms. The average Bonchev–Trinajstić information content (AvgIpc) is 3.03. The highest BCUT2D eigenvalue weighted by Gasteiger charge is 2.36. The molecule has 1 aromatic carbocycles. The van der Waals surface area contributed by atoms with Crippen molar-refractivity contribution < 1.29 is 9.53 Å². The van der Waals surface area contributed by atoms with Gasteiger partial charge in [-0.25, -0.2) is 4.79 Å². The van der Waals surface area contributed by atoms with Crippen LogP contribution < -0.4 is 10.1 Å². The van der Waals surface area contributed by atoms with Crippen LogP contribution in [0, 0.1) is 0 Å². The van der Waals surface area contributed by atoms with Gasteiger partial charge in [0.05, 0.1) is 6.61 Å². The number of urea groups is 1. The summed E-state index contributed by atoms with van der Waals surface area (Å²) in [5, 5.41) is 5.15. The Bertz CT molecular complexity index is 737. The summed E-state index contributed by atoms with van der Waals surface area (Å²) in [6.45, 7) is 6.34. The monoisotopic (exact) mass is 357 g/mol. The van der Waals surface area contributed by atoms with Crippen LogP contribution in [-0.2, 0) is 13.0 Å². The summed E-state index contributed by atoms with van der Waals surface area (Å²) in [6, 6.07) is 10.2. The first-order valence-electron chi connectivity index (χ1n) is 8.81. The van der Waals surface area contributed by atoms with Crippen LogP contribution in [0.25, 0.3) is 0 Å². The Morgan fingerprint density at radius 1 is 1.28 bits per heavy atom. The second-order valence-corrected chi connectivity index (χ2v) is 7.54. The lowest BCUT2D eigenvalue weighted by Gasteiger charge is -2.46. The van der Waals surface area contributed by atoms with Gasteiger partial charge in [0, 0.05) is 42.8 Å². The lowest BCUT2D eigenvalue weighted by Crippen LogP contribution is -2.62. The Morgan fingerprint density at radius 2 is 2.08 bits per heavy atom. The number of hydrogen-bond donors (Lipinski definition) is 1. The molecule has 0 unspecified atom stereocenters. The molecule has 0 bridgehead atoms. The van der Waals surface area contributed by atoms with Gasteiger partial charge >= 0.3 is 6.03 Å². The third-order valence-corrected chi connectivity index (χ3v) is 5.94. The number of nitrogens with zero attached hydrogens (tertiary/aromatic N) is 2. The fourth-order valence-electron chi connectivity index (χ4n) is 3.44. The minimum Gasteiger partial charge on any atom is -0.494 e. The summed E-state index contributed by atoms with van der Waals surface area (Å²) in [6.07, 6.45) is 1.14. The summed E-state index contributed by atoms with van der Waals surface area (Å²) in [4.78, 5) is 18.3. The number of benzene rings is 1. The molecule has 0 radical (unpaired) electrons. The maximum Gasteiger partial charge on any atom is 0.321 e. The molecular formula is C19H23N3O2S. The topological polar surface area (TPSA) is 44.8 Å². The number of carbonyl (C=O) groups excluding carboxylic acids is 1. The highest BCUT2D eigenvalue weighted by molar-refractivity contribution is 7.10. The Morgan fingerprint density at radius 3 is 2.84 bits per heavy atom. The molecule has 0 saturated carbocycles. The van der Waals surface area contributed by atoms with Gasteiger partial charge in [0.1, 0.15) is 5.75 Å². The molecular weight excluding hydrogens is 334 g/mol. The molecule has 2 amide bonds. The van der Waals surface area contributed by atoms with Crippen molar-refractivity contribution in [3.63, 3.8) is 0 Å². The van der Waals surface area contributed by atoms with Gasteiger partial charge in [-0.2, -0.15) is 0 Å². The lowest BCUT2D eigenvalue weighted by atomic mass is 10.0. The number of rotatable bonds is 4. The van der Waals surface area contributed by atoms with Gasteiger partial charge in [-0.15, -0.1) is 11.3 Å². The summed E-state index contributed by atoms with van der Waals surface area (Å²) in [5.74, 6) is 0.822. The van der Waals surface area contributed by atoms with E-state index in [1.807, 2.05) is 47.4 Å². The van der Waals surface area contributed by atoms with Crippen molar-refractivity contribution in [3.8, 4) is 5.75 Å². The third kappa shape index (κ3) is 3.50. The van der Waals surface area contributed by atoms with Crippen LogP contribution in [0.1, 0.15) is 17.4 Å². The highest BCUT2D eigenvalue weighted by Crippen LogP contribution is 2.28. The van der Waals surface area contributed by atoms with Crippen molar-refractivity contribution in [3.05, 3.63) is 46.2 Å². The zero-order chi connectivity index (χ0) is 17.2. The number of amides is 2. The first kappa shape index (κ1) is 16.4. The van der Waals surface area contributed by atoms with Gasteiger partial charge in [-0.1, -0.05) is 0 Å². The molecule has 0 atom stereocenters. The minimum absolute atomic E-state index is 0.0198. The van der Waals surface area contributed by atoms with E-state index in [9.17, 15) is 4.79 Å². The van der Waals surface area contributed by atoms with Crippen molar-refractivity contribution in [1.82, 2.24) is 9.80 Å². The van der Waals surface area contributed by atoms with Crippen molar-refractivity contribution >= 4 is 23.1 Å². The van der Waals surface area contributed by atoms with Crippen LogP contribution in [0.2, 0.25) is 0 Å². The Labute approximate surface area is 152 Å². The number of nitrogens with one attached hydrogen (secondary N) is 1. The number of fused-ring (bicyclic) bond motifs is 1. The van der Waals surface area contributed by atoms with E-state index in [0.717, 1.165) is 44.0 Å². The summed E-state index contributed by atoms with van der Waals surface area (Å²) in [7, 11) is 0. The van der Waals surface area contributed by atoms with Gasteiger partial charge in [0.2, 0.25) is 0 Å². The van der Waals surface area contributed by atoms with Gasteiger partial charge in [-0.3, -0.25) is 4.90 Å². The van der Waals surface area contributed by atoms with E-state index in [1.165, 1.54) is 10.4 Å². The molecule has 2 aromatic rings. The number of carbonyl (C=O) groups is 1. The number of hydrogen-bond acceptors (Lipinski definition) is 4. The summed E-state index contributed by atoms with van der Waals surface area (Å²) in [5.41, 5.74) is 2.27. The normalized spacial score (nSPS) is 17.7. The van der Waals surface area contributed by atoms with E-state index in [-0.39, 0.29) is 6.03 Å². The lowest BCUT2D eigenvalue weighted by molar-refractivity contribution is 0.0533. The maximum atomic E-state index is 12.4. The van der Waals surface area contributed by atoms with Gasteiger partial charge < -0.3 is 15.0 Å². The molecule has 132 valence electrons. The Kier molecular flexibility index (Phi) is 4.63. The predicted molar refractivity (Wildman–Crippen MR) is 100 cm³/mol. The van der Waals surface area contributed by atoms with Crippen LogP contribution in [-0.4, -0.2) is 48.1 Å². The number of ether oxygens (including phenoxy) is 1. The quantitative estimate of drug-likeness (QED) is 0.912. The van der Waals surface area contributed by atoms with Gasteiger partial charge in [0.15, 0.2) is 0 Å². The van der Waals surface area contributed by atoms with E-state index in [0.29, 0.717) is 12.6 Å². The maximum absolute atomic E-state index is 12.4. The number of likely N-dealkylation sites (tertiary alicyclic amines) is 1. The van der Waals surface area contributed by atoms with E-state index in [1.54, 1.807) is 0 Å². The van der Waals surface area contributed by atoms with Crippen LogP contribution in [0.3, 0.4) is 0 Å².